The maximum Gasteiger partial charge on any atom is 0.236 e. The fourth-order valence-electron chi connectivity index (χ4n) is 2.65. The van der Waals surface area contributed by atoms with E-state index in [0.29, 0.717) is 0 Å². The fourth-order valence-corrected chi connectivity index (χ4v) is 2.65. The first-order valence-electron chi connectivity index (χ1n) is 6.04. The normalized spacial score (nSPS) is 24.1. The lowest BCUT2D eigenvalue weighted by molar-refractivity contribution is -0.141. The number of hydrogen-bond donors (Lipinski definition) is 0. The lowest BCUT2D eigenvalue weighted by Gasteiger charge is -2.43. The molecular weight excluding hydrogens is 204 g/mol. The van der Waals surface area contributed by atoms with E-state index in [4.69, 9.17) is 10.00 Å². The van der Waals surface area contributed by atoms with Crippen LogP contribution in [0.3, 0.4) is 0 Å². The van der Waals surface area contributed by atoms with Gasteiger partial charge < -0.3 is 9.64 Å². The zero-order valence-electron chi connectivity index (χ0n) is 9.57. The largest absolute Gasteiger partial charge is 0.375 e. The predicted molar refractivity (Wildman–Crippen MR) is 58.6 cm³/mol. The predicted octanol–water partition coefficient (Wildman–Crippen LogP) is 1.46. The van der Waals surface area contributed by atoms with Gasteiger partial charge in [0.2, 0.25) is 5.91 Å². The van der Waals surface area contributed by atoms with E-state index < -0.39 is 0 Å². The van der Waals surface area contributed by atoms with Gasteiger partial charge in [-0.3, -0.25) is 4.79 Å². The molecule has 2 aliphatic rings. The van der Waals surface area contributed by atoms with Crippen molar-refractivity contribution < 1.29 is 9.53 Å². The van der Waals surface area contributed by atoms with E-state index >= 15 is 0 Å². The molecule has 0 unspecified atom stereocenters. The Bertz CT molecular complexity index is 293. The summed E-state index contributed by atoms with van der Waals surface area (Å²) in [4.78, 5) is 13.3. The average molecular weight is 222 g/mol. The van der Waals surface area contributed by atoms with Crippen molar-refractivity contribution in [3.63, 3.8) is 0 Å². The van der Waals surface area contributed by atoms with Crippen molar-refractivity contribution >= 4 is 5.91 Å². The molecule has 4 heteroatoms. The van der Waals surface area contributed by atoms with E-state index in [-0.39, 0.29) is 17.9 Å². The highest BCUT2D eigenvalue weighted by molar-refractivity contribution is 5.78. The van der Waals surface area contributed by atoms with Gasteiger partial charge in [-0.1, -0.05) is 0 Å². The van der Waals surface area contributed by atoms with Gasteiger partial charge in [-0.05, 0) is 32.1 Å². The van der Waals surface area contributed by atoms with Gasteiger partial charge in [-0.15, -0.1) is 0 Å². The zero-order valence-corrected chi connectivity index (χ0v) is 9.57. The van der Waals surface area contributed by atoms with Crippen LogP contribution in [-0.2, 0) is 9.53 Å². The molecule has 0 atom stereocenters. The topological polar surface area (TPSA) is 53.3 Å². The Morgan fingerprint density at radius 1 is 1.31 bits per heavy atom. The molecule has 2 heterocycles. The molecule has 1 amide bonds. The molecule has 0 bridgehead atoms. The van der Waals surface area contributed by atoms with Crippen LogP contribution in [0.5, 0.6) is 0 Å². The minimum Gasteiger partial charge on any atom is -0.375 e. The minimum absolute atomic E-state index is 0.00779. The second kappa shape index (κ2) is 4.84. The zero-order chi connectivity index (χ0) is 11.4. The third kappa shape index (κ3) is 2.35. The summed E-state index contributed by atoms with van der Waals surface area (Å²) in [5.41, 5.74) is 0.0433. The lowest BCUT2D eigenvalue weighted by atomic mass is 9.84. The summed E-state index contributed by atoms with van der Waals surface area (Å²) >= 11 is 0. The fraction of sp³-hybridized carbons (Fsp3) is 0.833. The van der Waals surface area contributed by atoms with Crippen LogP contribution in [0.15, 0.2) is 0 Å². The van der Waals surface area contributed by atoms with Crippen molar-refractivity contribution in [1.82, 2.24) is 4.90 Å². The molecule has 0 aliphatic carbocycles. The molecular formula is C12H18N2O2. The molecule has 88 valence electrons. The van der Waals surface area contributed by atoms with E-state index in [2.05, 4.69) is 0 Å². The number of ether oxygens (including phenoxy) is 1. The third-order valence-corrected chi connectivity index (χ3v) is 3.69. The van der Waals surface area contributed by atoms with E-state index in [9.17, 15) is 4.79 Å². The van der Waals surface area contributed by atoms with Gasteiger partial charge in [0.25, 0.3) is 0 Å². The lowest BCUT2D eigenvalue weighted by Crippen LogP contribution is -2.49. The van der Waals surface area contributed by atoms with Crippen molar-refractivity contribution in [2.45, 2.75) is 44.1 Å². The smallest absolute Gasteiger partial charge is 0.236 e. The molecule has 0 saturated carbocycles. The molecule has 2 aliphatic heterocycles. The van der Waals surface area contributed by atoms with Crippen molar-refractivity contribution in [3.8, 4) is 6.07 Å². The van der Waals surface area contributed by atoms with Crippen LogP contribution in [0, 0.1) is 11.3 Å². The quantitative estimate of drug-likeness (QED) is 0.675. The number of carbonyl (C=O) groups excluding carboxylic acids is 1. The molecule has 2 fully saturated rings. The molecule has 1 spiro atoms. The van der Waals surface area contributed by atoms with Gasteiger partial charge in [0.05, 0.1) is 11.7 Å². The molecule has 0 N–H and O–H groups in total. The van der Waals surface area contributed by atoms with Crippen molar-refractivity contribution in [2.24, 2.45) is 0 Å². The van der Waals surface area contributed by atoms with Crippen molar-refractivity contribution in [3.05, 3.63) is 0 Å². The highest BCUT2D eigenvalue weighted by Crippen LogP contribution is 2.34. The molecule has 0 aromatic rings. The number of piperidine rings is 1. The second-order valence-corrected chi connectivity index (χ2v) is 4.70. The number of nitriles is 1. The molecule has 0 aromatic carbocycles. The van der Waals surface area contributed by atoms with Crippen LogP contribution in [0.2, 0.25) is 0 Å². The Morgan fingerprint density at radius 2 is 2.06 bits per heavy atom. The van der Waals surface area contributed by atoms with E-state index in [1.54, 1.807) is 4.90 Å². The van der Waals surface area contributed by atoms with E-state index in [1.165, 1.54) is 12.8 Å². The van der Waals surface area contributed by atoms with Gasteiger partial charge in [-0.2, -0.15) is 5.26 Å². The summed E-state index contributed by atoms with van der Waals surface area (Å²) in [6.07, 6.45) is 5.42. The Kier molecular flexibility index (Phi) is 3.45. The highest BCUT2D eigenvalue weighted by atomic mass is 16.5. The van der Waals surface area contributed by atoms with Crippen LogP contribution < -0.4 is 0 Å². The van der Waals surface area contributed by atoms with Gasteiger partial charge in [0.15, 0.2) is 0 Å². The van der Waals surface area contributed by atoms with Gasteiger partial charge in [0.1, 0.15) is 6.42 Å². The molecule has 4 nitrogen and oxygen atoms in total. The van der Waals surface area contributed by atoms with Crippen LogP contribution in [0.1, 0.15) is 38.5 Å². The molecule has 2 rings (SSSR count). The van der Waals surface area contributed by atoms with Gasteiger partial charge in [-0.25, -0.2) is 0 Å². The summed E-state index contributed by atoms with van der Waals surface area (Å²) in [6, 6.07) is 1.91. The van der Waals surface area contributed by atoms with Crippen molar-refractivity contribution in [2.75, 3.05) is 19.7 Å². The number of rotatable bonds is 1. The first kappa shape index (κ1) is 11.4. The number of nitrogens with zero attached hydrogens (tertiary/aromatic N) is 2. The summed E-state index contributed by atoms with van der Waals surface area (Å²) in [7, 11) is 0. The molecule has 0 aromatic heterocycles. The number of hydrogen-bond acceptors (Lipinski definition) is 3. The summed E-state index contributed by atoms with van der Waals surface area (Å²) in [5, 5.41) is 8.49. The summed E-state index contributed by atoms with van der Waals surface area (Å²) in [5.74, 6) is -0.0341. The van der Waals surface area contributed by atoms with Gasteiger partial charge >= 0.3 is 0 Å². The minimum atomic E-state index is -0.0341. The maximum atomic E-state index is 11.5. The van der Waals surface area contributed by atoms with Crippen molar-refractivity contribution in [1.29, 1.82) is 5.26 Å². The number of amides is 1. The van der Waals surface area contributed by atoms with Crippen LogP contribution in [-0.4, -0.2) is 36.1 Å². The second-order valence-electron chi connectivity index (χ2n) is 4.70. The Hall–Kier alpha value is -1.08. The van der Waals surface area contributed by atoms with E-state index in [1.807, 2.05) is 6.07 Å². The Balaban J connectivity index is 1.86. The Morgan fingerprint density at radius 3 is 2.62 bits per heavy atom. The monoisotopic (exact) mass is 222 g/mol. The molecule has 0 radical (unpaired) electrons. The SMILES string of the molecule is N#CCC(=O)N1CCC2(CCCCO2)CC1. The Labute approximate surface area is 96.2 Å². The standard InChI is InChI=1S/C12H18N2O2/c13-7-3-11(15)14-8-5-12(6-9-14)4-1-2-10-16-12/h1-6,8-10H2. The van der Waals surface area contributed by atoms with Crippen LogP contribution in [0.25, 0.3) is 0 Å². The number of likely N-dealkylation sites (tertiary alicyclic amines) is 1. The van der Waals surface area contributed by atoms with Crippen LogP contribution in [0.4, 0.5) is 0 Å². The van der Waals surface area contributed by atoms with Gasteiger partial charge in [0, 0.05) is 19.7 Å². The average Bonchev–Trinajstić information content (AvgIpc) is 2.31. The molecule has 2 saturated heterocycles. The third-order valence-electron chi connectivity index (χ3n) is 3.69. The highest BCUT2D eigenvalue weighted by Gasteiger charge is 2.37. The first-order valence-corrected chi connectivity index (χ1v) is 6.04. The number of carbonyl (C=O) groups is 1. The summed E-state index contributed by atoms with van der Waals surface area (Å²) < 4.78 is 5.89. The first-order chi connectivity index (χ1) is 7.76. The maximum absolute atomic E-state index is 11.5. The van der Waals surface area contributed by atoms with Crippen LogP contribution >= 0.6 is 0 Å². The summed E-state index contributed by atoms with van der Waals surface area (Å²) in [6.45, 7) is 2.37. The van der Waals surface area contributed by atoms with E-state index in [0.717, 1.165) is 39.0 Å². The molecule has 16 heavy (non-hydrogen) atoms.